The molecule has 0 atom stereocenters. The van der Waals surface area contributed by atoms with Crippen LogP contribution in [0, 0.1) is 0 Å². The molecule has 0 spiro atoms. The van der Waals surface area contributed by atoms with Crippen molar-refractivity contribution in [3.63, 3.8) is 0 Å². The van der Waals surface area contributed by atoms with Gasteiger partial charge in [0.2, 0.25) is 0 Å². The molecule has 2 heterocycles. The number of aliphatic hydroxyl groups excluding tert-OH is 1. The molecule has 4 heteroatoms. The average molecular weight is 234 g/mol. The molecule has 0 saturated carbocycles. The highest BCUT2D eigenvalue weighted by atomic mass is 32.1. The number of pyridine rings is 1. The van der Waals surface area contributed by atoms with E-state index >= 15 is 0 Å². The molecular formula is C12H14N2OS. The molecule has 2 aromatic heterocycles. The van der Waals surface area contributed by atoms with Gasteiger partial charge in [0.1, 0.15) is 5.01 Å². The molecule has 0 amide bonds. The Morgan fingerprint density at radius 1 is 1.31 bits per heavy atom. The van der Waals surface area contributed by atoms with Crippen LogP contribution in [-0.2, 0) is 5.41 Å². The normalized spacial score (nSPS) is 11.7. The van der Waals surface area contributed by atoms with E-state index in [9.17, 15) is 5.11 Å². The lowest BCUT2D eigenvalue weighted by Gasteiger charge is -2.17. The van der Waals surface area contributed by atoms with E-state index in [2.05, 4.69) is 9.97 Å². The van der Waals surface area contributed by atoms with Crippen molar-refractivity contribution in [3.8, 4) is 11.3 Å². The molecule has 0 fully saturated rings. The van der Waals surface area contributed by atoms with Crippen LogP contribution < -0.4 is 0 Å². The molecule has 2 aromatic rings. The summed E-state index contributed by atoms with van der Waals surface area (Å²) in [7, 11) is 0. The summed E-state index contributed by atoms with van der Waals surface area (Å²) in [5, 5.41) is 12.3. The van der Waals surface area contributed by atoms with E-state index in [0.29, 0.717) is 0 Å². The monoisotopic (exact) mass is 234 g/mol. The molecule has 84 valence electrons. The predicted octanol–water partition coefficient (Wildman–Crippen LogP) is 2.48. The number of aromatic nitrogens is 2. The lowest BCUT2D eigenvalue weighted by Crippen LogP contribution is -2.21. The summed E-state index contributed by atoms with van der Waals surface area (Å²) in [6.45, 7) is 4.08. The van der Waals surface area contributed by atoms with Crippen LogP contribution in [0.5, 0.6) is 0 Å². The topological polar surface area (TPSA) is 46.0 Å². The van der Waals surface area contributed by atoms with Gasteiger partial charge in [0.25, 0.3) is 0 Å². The van der Waals surface area contributed by atoms with Gasteiger partial charge in [-0.25, -0.2) is 4.98 Å². The minimum Gasteiger partial charge on any atom is -0.395 e. The van der Waals surface area contributed by atoms with Crippen LogP contribution in [-0.4, -0.2) is 21.7 Å². The first kappa shape index (κ1) is 11.2. The third-order valence-electron chi connectivity index (χ3n) is 2.45. The maximum absolute atomic E-state index is 9.28. The van der Waals surface area contributed by atoms with E-state index in [1.807, 2.05) is 31.4 Å². The molecule has 0 aliphatic carbocycles. The third kappa shape index (κ3) is 2.13. The zero-order valence-corrected chi connectivity index (χ0v) is 10.2. The van der Waals surface area contributed by atoms with E-state index in [-0.39, 0.29) is 12.0 Å². The molecule has 0 radical (unpaired) electrons. The van der Waals surface area contributed by atoms with Crippen LogP contribution in [0.2, 0.25) is 0 Å². The fourth-order valence-corrected chi connectivity index (χ4v) is 2.25. The first-order valence-electron chi connectivity index (χ1n) is 5.11. The van der Waals surface area contributed by atoms with Gasteiger partial charge in [-0.05, 0) is 12.1 Å². The van der Waals surface area contributed by atoms with Gasteiger partial charge in [0, 0.05) is 28.8 Å². The average Bonchev–Trinajstić information content (AvgIpc) is 2.80. The van der Waals surface area contributed by atoms with Crippen molar-refractivity contribution >= 4 is 11.3 Å². The third-order valence-corrected chi connectivity index (χ3v) is 3.66. The number of hydrogen-bond acceptors (Lipinski definition) is 4. The van der Waals surface area contributed by atoms with Gasteiger partial charge in [-0.3, -0.25) is 4.98 Å². The first-order chi connectivity index (χ1) is 7.63. The molecule has 0 aliphatic rings. The lowest BCUT2D eigenvalue weighted by atomic mass is 9.96. The lowest BCUT2D eigenvalue weighted by molar-refractivity contribution is 0.218. The van der Waals surface area contributed by atoms with Gasteiger partial charge in [0.05, 0.1) is 12.3 Å². The SMILES string of the molecule is CC(C)(CO)c1nc(-c2ccncc2)cs1. The summed E-state index contributed by atoms with van der Waals surface area (Å²) >= 11 is 1.58. The maximum atomic E-state index is 9.28. The molecule has 0 bridgehead atoms. The Labute approximate surface area is 98.8 Å². The van der Waals surface area contributed by atoms with Gasteiger partial charge < -0.3 is 5.11 Å². The Morgan fingerprint density at radius 3 is 2.62 bits per heavy atom. The zero-order valence-electron chi connectivity index (χ0n) is 9.34. The summed E-state index contributed by atoms with van der Waals surface area (Å²) < 4.78 is 0. The van der Waals surface area contributed by atoms with E-state index in [1.54, 1.807) is 23.7 Å². The fourth-order valence-electron chi connectivity index (χ4n) is 1.31. The van der Waals surface area contributed by atoms with Gasteiger partial charge in [-0.2, -0.15) is 0 Å². The van der Waals surface area contributed by atoms with Crippen molar-refractivity contribution in [1.82, 2.24) is 9.97 Å². The van der Waals surface area contributed by atoms with Crippen molar-refractivity contribution in [2.75, 3.05) is 6.61 Å². The maximum Gasteiger partial charge on any atom is 0.101 e. The molecule has 1 N–H and O–H groups in total. The van der Waals surface area contributed by atoms with Crippen LogP contribution in [0.4, 0.5) is 0 Å². The quantitative estimate of drug-likeness (QED) is 0.887. The van der Waals surface area contributed by atoms with E-state index in [0.717, 1.165) is 16.3 Å². The summed E-state index contributed by atoms with van der Waals surface area (Å²) in [4.78, 5) is 8.53. The molecule has 2 rings (SSSR count). The molecule has 0 aliphatic heterocycles. The minimum absolute atomic E-state index is 0.107. The van der Waals surface area contributed by atoms with Crippen molar-refractivity contribution in [2.45, 2.75) is 19.3 Å². The Morgan fingerprint density at radius 2 is 2.00 bits per heavy atom. The highest BCUT2D eigenvalue weighted by molar-refractivity contribution is 7.10. The van der Waals surface area contributed by atoms with Gasteiger partial charge in [0.15, 0.2) is 0 Å². The Bertz CT molecular complexity index is 465. The number of rotatable bonds is 3. The van der Waals surface area contributed by atoms with Crippen LogP contribution in [0.15, 0.2) is 29.9 Å². The molecule has 0 unspecified atom stereocenters. The smallest absolute Gasteiger partial charge is 0.101 e. The fraction of sp³-hybridized carbons (Fsp3) is 0.333. The van der Waals surface area contributed by atoms with E-state index in [1.165, 1.54) is 0 Å². The molecule has 3 nitrogen and oxygen atoms in total. The Balaban J connectivity index is 2.34. The number of aliphatic hydroxyl groups is 1. The first-order valence-corrected chi connectivity index (χ1v) is 5.99. The van der Waals surface area contributed by atoms with E-state index in [4.69, 9.17) is 0 Å². The summed E-state index contributed by atoms with van der Waals surface area (Å²) in [6.07, 6.45) is 3.51. The second kappa shape index (κ2) is 4.31. The van der Waals surface area contributed by atoms with E-state index < -0.39 is 0 Å². The highest BCUT2D eigenvalue weighted by Crippen LogP contribution is 2.29. The zero-order chi connectivity index (χ0) is 11.6. The molecule has 16 heavy (non-hydrogen) atoms. The van der Waals surface area contributed by atoms with Gasteiger partial charge in [-0.15, -0.1) is 11.3 Å². The van der Waals surface area contributed by atoms with Crippen LogP contribution >= 0.6 is 11.3 Å². The van der Waals surface area contributed by atoms with Crippen LogP contribution in [0.25, 0.3) is 11.3 Å². The molecular weight excluding hydrogens is 220 g/mol. The van der Waals surface area contributed by atoms with Gasteiger partial charge in [-0.1, -0.05) is 13.8 Å². The largest absolute Gasteiger partial charge is 0.395 e. The van der Waals surface area contributed by atoms with Crippen molar-refractivity contribution < 1.29 is 5.11 Å². The summed E-state index contributed by atoms with van der Waals surface area (Å²) in [5.41, 5.74) is 1.74. The second-order valence-electron chi connectivity index (χ2n) is 4.32. The van der Waals surface area contributed by atoms with Crippen molar-refractivity contribution in [2.24, 2.45) is 0 Å². The van der Waals surface area contributed by atoms with Crippen LogP contribution in [0.1, 0.15) is 18.9 Å². The van der Waals surface area contributed by atoms with Crippen LogP contribution in [0.3, 0.4) is 0 Å². The van der Waals surface area contributed by atoms with Gasteiger partial charge >= 0.3 is 0 Å². The highest BCUT2D eigenvalue weighted by Gasteiger charge is 2.23. The summed E-state index contributed by atoms with van der Waals surface area (Å²) in [5.74, 6) is 0. The number of thiazole rings is 1. The van der Waals surface area contributed by atoms with Crippen molar-refractivity contribution in [3.05, 3.63) is 34.9 Å². The van der Waals surface area contributed by atoms with Crippen molar-refractivity contribution in [1.29, 1.82) is 0 Å². The Hall–Kier alpha value is -1.26. The Kier molecular flexibility index (Phi) is 3.03. The summed E-state index contributed by atoms with van der Waals surface area (Å²) in [6, 6.07) is 3.87. The standard InChI is InChI=1S/C12H14N2OS/c1-12(2,8-15)11-14-10(7-16-11)9-3-5-13-6-4-9/h3-7,15H,8H2,1-2H3. The second-order valence-corrected chi connectivity index (χ2v) is 5.17. The number of hydrogen-bond donors (Lipinski definition) is 1. The predicted molar refractivity (Wildman–Crippen MR) is 65.5 cm³/mol. The molecule has 0 aromatic carbocycles. The number of nitrogens with zero attached hydrogens (tertiary/aromatic N) is 2. The minimum atomic E-state index is -0.268. The molecule has 0 saturated heterocycles.